The Labute approximate surface area is 181 Å². The summed E-state index contributed by atoms with van der Waals surface area (Å²) in [5, 5.41) is 2.96. The van der Waals surface area contributed by atoms with E-state index in [1.54, 1.807) is 12.1 Å². The van der Waals surface area contributed by atoms with Crippen LogP contribution in [0.1, 0.15) is 35.6 Å². The topological polar surface area (TPSA) is 32.3 Å². The molecule has 1 heterocycles. The Morgan fingerprint density at radius 3 is 2.35 bits per heavy atom. The highest BCUT2D eigenvalue weighted by Crippen LogP contribution is 2.34. The summed E-state index contributed by atoms with van der Waals surface area (Å²) in [6, 6.07) is 23.2. The Morgan fingerprint density at radius 2 is 1.61 bits per heavy atom. The molecule has 0 aromatic heterocycles. The number of nitrogens with zero attached hydrogens (tertiary/aromatic N) is 1. The number of piperidine rings is 1. The molecule has 1 N–H and O–H groups in total. The molecule has 5 heteroatoms. The number of benzene rings is 3. The first-order chi connectivity index (χ1) is 15.1. The summed E-state index contributed by atoms with van der Waals surface area (Å²) in [6.07, 6.45) is 1.57. The predicted octanol–water partition coefficient (Wildman–Crippen LogP) is 5.23. The van der Waals surface area contributed by atoms with Crippen LogP contribution in [0.4, 0.5) is 8.78 Å². The van der Waals surface area contributed by atoms with Crippen molar-refractivity contribution >= 4 is 5.91 Å². The number of rotatable bonds is 6. The Bertz CT molecular complexity index is 1010. The zero-order chi connectivity index (χ0) is 21.6. The molecular weight excluding hydrogens is 394 g/mol. The monoisotopic (exact) mass is 420 g/mol. The number of likely N-dealkylation sites (tertiary alicyclic amines) is 1. The van der Waals surface area contributed by atoms with E-state index in [0.29, 0.717) is 13.1 Å². The number of carbonyl (C=O) groups excluding carboxylic acids is 1. The molecular formula is C26H26F2N2O. The maximum Gasteiger partial charge on any atom is 0.224 e. The van der Waals surface area contributed by atoms with Gasteiger partial charge in [0.05, 0.1) is 5.92 Å². The average molecular weight is 421 g/mol. The fourth-order valence-electron chi connectivity index (χ4n) is 4.29. The number of carbonyl (C=O) groups is 1. The van der Waals surface area contributed by atoms with Crippen molar-refractivity contribution in [1.29, 1.82) is 0 Å². The smallest absolute Gasteiger partial charge is 0.224 e. The van der Waals surface area contributed by atoms with Crippen LogP contribution < -0.4 is 5.32 Å². The number of nitrogens with one attached hydrogen (secondary N) is 1. The molecule has 1 aliphatic rings. The predicted molar refractivity (Wildman–Crippen MR) is 117 cm³/mol. The number of hydrogen-bond acceptors (Lipinski definition) is 2. The van der Waals surface area contributed by atoms with Crippen molar-refractivity contribution in [3.05, 3.63) is 107 Å². The molecule has 160 valence electrons. The van der Waals surface area contributed by atoms with Gasteiger partial charge < -0.3 is 5.32 Å². The summed E-state index contributed by atoms with van der Waals surface area (Å²) in [5.74, 6) is -0.710. The van der Waals surface area contributed by atoms with Gasteiger partial charge in [0, 0.05) is 25.7 Å². The van der Waals surface area contributed by atoms with Gasteiger partial charge in [-0.25, -0.2) is 8.78 Å². The van der Waals surface area contributed by atoms with Crippen molar-refractivity contribution in [2.75, 3.05) is 6.54 Å². The number of amides is 1. The van der Waals surface area contributed by atoms with E-state index in [2.05, 4.69) is 22.3 Å². The minimum atomic E-state index is -0.305. The van der Waals surface area contributed by atoms with E-state index in [1.165, 1.54) is 29.8 Å². The van der Waals surface area contributed by atoms with Gasteiger partial charge in [0.2, 0.25) is 5.91 Å². The third-order valence-electron chi connectivity index (χ3n) is 5.89. The minimum Gasteiger partial charge on any atom is -0.352 e. The molecule has 3 aromatic rings. The van der Waals surface area contributed by atoms with Gasteiger partial charge in [-0.1, -0.05) is 54.6 Å². The number of halogens is 2. The van der Waals surface area contributed by atoms with Gasteiger partial charge >= 0.3 is 0 Å². The molecule has 3 aromatic carbocycles. The third kappa shape index (κ3) is 5.56. The highest BCUT2D eigenvalue weighted by molar-refractivity contribution is 5.79. The summed E-state index contributed by atoms with van der Waals surface area (Å²) >= 11 is 0. The van der Waals surface area contributed by atoms with Crippen molar-refractivity contribution in [2.45, 2.75) is 32.0 Å². The lowest BCUT2D eigenvalue weighted by Crippen LogP contribution is -2.44. The van der Waals surface area contributed by atoms with Crippen molar-refractivity contribution in [2.24, 2.45) is 5.92 Å². The maximum absolute atomic E-state index is 13.4. The van der Waals surface area contributed by atoms with Crippen LogP contribution in [0.5, 0.6) is 0 Å². The fraction of sp³-hybridized carbons (Fsp3) is 0.269. The van der Waals surface area contributed by atoms with E-state index < -0.39 is 0 Å². The molecule has 1 saturated heterocycles. The standard InChI is InChI=1S/C26H26F2N2O/c27-23-12-9-21(10-13-23)25-14-11-22(18-30(25)17-19-5-2-1-3-6-19)26(31)29-16-20-7-4-8-24(28)15-20/h1-10,12-13,15,22,25H,11,14,16-18H2,(H,29,31). The van der Waals surface area contributed by atoms with Gasteiger partial charge in [-0.05, 0) is 53.8 Å². The lowest BCUT2D eigenvalue weighted by molar-refractivity contribution is -0.127. The second-order valence-electron chi connectivity index (χ2n) is 8.10. The van der Waals surface area contributed by atoms with Crippen LogP contribution in [0.15, 0.2) is 78.9 Å². The summed E-state index contributed by atoms with van der Waals surface area (Å²) in [7, 11) is 0. The van der Waals surface area contributed by atoms with Crippen LogP contribution in [0.2, 0.25) is 0 Å². The summed E-state index contributed by atoms with van der Waals surface area (Å²) in [6.45, 7) is 1.65. The van der Waals surface area contributed by atoms with Crippen LogP contribution >= 0.6 is 0 Å². The lowest BCUT2D eigenvalue weighted by atomic mass is 9.88. The van der Waals surface area contributed by atoms with Crippen molar-refractivity contribution in [1.82, 2.24) is 10.2 Å². The van der Waals surface area contributed by atoms with E-state index in [9.17, 15) is 13.6 Å². The summed E-state index contributed by atoms with van der Waals surface area (Å²) < 4.78 is 26.8. The van der Waals surface area contributed by atoms with Crippen LogP contribution in [0.3, 0.4) is 0 Å². The van der Waals surface area contributed by atoms with Gasteiger partial charge in [-0.15, -0.1) is 0 Å². The largest absolute Gasteiger partial charge is 0.352 e. The Balaban J connectivity index is 1.46. The fourth-order valence-corrected chi connectivity index (χ4v) is 4.29. The molecule has 1 aliphatic heterocycles. The van der Waals surface area contributed by atoms with Crippen LogP contribution in [0, 0.1) is 17.6 Å². The molecule has 4 rings (SSSR count). The summed E-state index contributed by atoms with van der Waals surface area (Å²) in [5.41, 5.74) is 2.99. The molecule has 0 bridgehead atoms. The van der Waals surface area contributed by atoms with E-state index in [4.69, 9.17) is 0 Å². The second kappa shape index (κ2) is 9.84. The minimum absolute atomic E-state index is 0.0140. The first kappa shape index (κ1) is 21.2. The van der Waals surface area contributed by atoms with Crippen LogP contribution in [-0.4, -0.2) is 17.4 Å². The highest BCUT2D eigenvalue weighted by atomic mass is 19.1. The first-order valence-corrected chi connectivity index (χ1v) is 10.6. The second-order valence-corrected chi connectivity index (χ2v) is 8.10. The lowest BCUT2D eigenvalue weighted by Gasteiger charge is -2.39. The van der Waals surface area contributed by atoms with Gasteiger partial charge in [0.15, 0.2) is 0 Å². The van der Waals surface area contributed by atoms with E-state index >= 15 is 0 Å². The maximum atomic E-state index is 13.4. The number of hydrogen-bond donors (Lipinski definition) is 1. The summed E-state index contributed by atoms with van der Waals surface area (Å²) in [4.78, 5) is 15.2. The quantitative estimate of drug-likeness (QED) is 0.592. The average Bonchev–Trinajstić information content (AvgIpc) is 2.79. The molecule has 0 aliphatic carbocycles. The Morgan fingerprint density at radius 1 is 0.871 bits per heavy atom. The Hall–Kier alpha value is -3.05. The SMILES string of the molecule is O=C(NCc1cccc(F)c1)C1CCC(c2ccc(F)cc2)N(Cc2ccccc2)C1. The van der Waals surface area contributed by atoms with E-state index in [-0.39, 0.29) is 29.5 Å². The molecule has 1 fully saturated rings. The van der Waals surface area contributed by atoms with Gasteiger partial charge in [0.1, 0.15) is 11.6 Å². The highest BCUT2D eigenvalue weighted by Gasteiger charge is 2.32. The van der Waals surface area contributed by atoms with E-state index in [1.807, 2.05) is 30.3 Å². The normalized spacial score (nSPS) is 19.2. The van der Waals surface area contributed by atoms with Crippen LogP contribution in [-0.2, 0) is 17.9 Å². The molecule has 31 heavy (non-hydrogen) atoms. The third-order valence-corrected chi connectivity index (χ3v) is 5.89. The molecule has 3 nitrogen and oxygen atoms in total. The zero-order valence-corrected chi connectivity index (χ0v) is 17.3. The first-order valence-electron chi connectivity index (χ1n) is 10.6. The van der Waals surface area contributed by atoms with Crippen molar-refractivity contribution < 1.29 is 13.6 Å². The van der Waals surface area contributed by atoms with Gasteiger partial charge in [0.25, 0.3) is 0 Å². The molecule has 2 unspecified atom stereocenters. The molecule has 0 spiro atoms. The molecule has 0 radical (unpaired) electrons. The van der Waals surface area contributed by atoms with E-state index in [0.717, 1.165) is 30.5 Å². The van der Waals surface area contributed by atoms with Gasteiger partial charge in [-0.3, -0.25) is 9.69 Å². The van der Waals surface area contributed by atoms with Crippen molar-refractivity contribution in [3.63, 3.8) is 0 Å². The Kier molecular flexibility index (Phi) is 6.73. The zero-order valence-electron chi connectivity index (χ0n) is 17.3. The van der Waals surface area contributed by atoms with Gasteiger partial charge in [-0.2, -0.15) is 0 Å². The van der Waals surface area contributed by atoms with Crippen LogP contribution in [0.25, 0.3) is 0 Å². The molecule has 0 saturated carbocycles. The molecule has 2 atom stereocenters. The molecule has 1 amide bonds. The van der Waals surface area contributed by atoms with Crippen molar-refractivity contribution in [3.8, 4) is 0 Å².